The zero-order chi connectivity index (χ0) is 17.3. The fourth-order valence-electron chi connectivity index (χ4n) is 3.34. The highest BCUT2D eigenvalue weighted by Gasteiger charge is 2.46. The molecule has 0 bridgehead atoms. The lowest BCUT2D eigenvalue weighted by molar-refractivity contribution is -0.166. The lowest BCUT2D eigenvalue weighted by atomic mass is 9.95. The van der Waals surface area contributed by atoms with E-state index in [1.165, 1.54) is 6.33 Å². The molecule has 2 aliphatic rings. The number of likely N-dealkylation sites (tertiary alicyclic amines) is 2. The van der Waals surface area contributed by atoms with Gasteiger partial charge in [0.1, 0.15) is 19.2 Å². The van der Waals surface area contributed by atoms with E-state index in [2.05, 4.69) is 10.1 Å². The number of hydrogen-bond acceptors (Lipinski definition) is 5. The van der Waals surface area contributed by atoms with Gasteiger partial charge in [-0.25, -0.2) is 4.98 Å². The van der Waals surface area contributed by atoms with Gasteiger partial charge >= 0.3 is 6.18 Å². The van der Waals surface area contributed by atoms with Crippen LogP contribution in [0.3, 0.4) is 0 Å². The Labute approximate surface area is 136 Å². The monoisotopic (exact) mass is 345 g/mol. The van der Waals surface area contributed by atoms with Crippen LogP contribution in [0.5, 0.6) is 0 Å². The Hall–Kier alpha value is -1.97. The number of imide groups is 1. The molecule has 132 valence electrons. The van der Waals surface area contributed by atoms with E-state index in [-0.39, 0.29) is 6.42 Å². The topological polar surface area (TPSA) is 71.3 Å². The molecule has 2 saturated heterocycles. The summed E-state index contributed by atoms with van der Waals surface area (Å²) < 4.78 is 39.2. The van der Waals surface area contributed by atoms with Crippen LogP contribution < -0.4 is 0 Å². The van der Waals surface area contributed by atoms with Crippen LogP contribution in [0.2, 0.25) is 0 Å². The van der Waals surface area contributed by atoms with Gasteiger partial charge in [-0.05, 0) is 31.8 Å². The van der Waals surface area contributed by atoms with E-state index in [4.69, 9.17) is 0 Å². The second-order valence-corrected chi connectivity index (χ2v) is 6.25. The summed E-state index contributed by atoms with van der Waals surface area (Å²) in [5.74, 6) is -1.10. The number of aromatic nitrogens is 3. The maximum atomic E-state index is 12.5. The van der Waals surface area contributed by atoms with Gasteiger partial charge in [0.05, 0.1) is 12.5 Å². The summed E-state index contributed by atoms with van der Waals surface area (Å²) in [5.41, 5.74) is 0. The smallest absolute Gasteiger partial charge is 0.292 e. The molecule has 0 radical (unpaired) electrons. The summed E-state index contributed by atoms with van der Waals surface area (Å²) in [6.45, 7) is 0.404. The lowest BCUT2D eigenvalue weighted by Gasteiger charge is -2.34. The molecule has 2 amide bonds. The molecule has 1 aromatic heterocycles. The maximum Gasteiger partial charge on any atom is 0.406 e. The first-order valence-electron chi connectivity index (χ1n) is 7.81. The first kappa shape index (κ1) is 16.9. The van der Waals surface area contributed by atoms with Crippen LogP contribution in [0.4, 0.5) is 13.2 Å². The highest BCUT2D eigenvalue weighted by atomic mass is 19.4. The fourth-order valence-corrected chi connectivity index (χ4v) is 3.34. The Morgan fingerprint density at radius 3 is 2.50 bits per heavy atom. The molecule has 0 aliphatic carbocycles. The van der Waals surface area contributed by atoms with Gasteiger partial charge in [0.15, 0.2) is 0 Å². The van der Waals surface area contributed by atoms with Crippen LogP contribution in [-0.2, 0) is 16.1 Å². The van der Waals surface area contributed by atoms with Crippen LogP contribution in [0.1, 0.15) is 19.3 Å². The Morgan fingerprint density at radius 2 is 1.92 bits per heavy atom. The second kappa shape index (κ2) is 6.50. The average molecular weight is 345 g/mol. The third-order valence-electron chi connectivity index (χ3n) is 4.56. The van der Waals surface area contributed by atoms with Crippen molar-refractivity contribution in [3.63, 3.8) is 0 Å². The van der Waals surface area contributed by atoms with Gasteiger partial charge in [-0.15, -0.1) is 0 Å². The molecule has 0 N–H and O–H groups in total. The highest BCUT2D eigenvalue weighted by molar-refractivity contribution is 6.05. The van der Waals surface area contributed by atoms with Gasteiger partial charge in [-0.1, -0.05) is 0 Å². The minimum absolute atomic E-state index is 0.164. The molecule has 7 nitrogen and oxygen atoms in total. The molecule has 0 saturated carbocycles. The van der Waals surface area contributed by atoms with Gasteiger partial charge in [0, 0.05) is 6.54 Å². The Bertz CT molecular complexity index is 596. The van der Waals surface area contributed by atoms with E-state index in [1.807, 2.05) is 4.90 Å². The molecule has 3 heterocycles. The van der Waals surface area contributed by atoms with Crippen molar-refractivity contribution in [2.45, 2.75) is 38.0 Å². The Kier molecular flexibility index (Phi) is 4.57. The standard InChI is InChI=1S/C14H18F3N5O2/c15-14(16,17)7-22-12(23)5-11(13(22)24)20-3-1-10(2-4-20)6-21-9-18-8-19-21/h8-11H,1-7H2/t11-/m1/s1. The van der Waals surface area contributed by atoms with E-state index >= 15 is 0 Å². The van der Waals surface area contributed by atoms with E-state index in [9.17, 15) is 22.8 Å². The van der Waals surface area contributed by atoms with Crippen molar-refractivity contribution in [2.24, 2.45) is 5.92 Å². The van der Waals surface area contributed by atoms with Gasteiger partial charge in [-0.2, -0.15) is 18.3 Å². The largest absolute Gasteiger partial charge is 0.406 e. The number of carbonyl (C=O) groups excluding carboxylic acids is 2. The predicted octanol–water partition coefficient (Wildman–Crippen LogP) is 0.680. The minimum atomic E-state index is -4.56. The Balaban J connectivity index is 1.55. The predicted molar refractivity (Wildman–Crippen MR) is 75.5 cm³/mol. The molecular weight excluding hydrogens is 327 g/mol. The molecule has 0 spiro atoms. The van der Waals surface area contributed by atoms with Crippen LogP contribution in [-0.4, -0.2) is 68.2 Å². The van der Waals surface area contributed by atoms with Crippen molar-refractivity contribution in [3.8, 4) is 0 Å². The van der Waals surface area contributed by atoms with Gasteiger partial charge in [0.2, 0.25) is 11.8 Å². The molecule has 1 aromatic rings. The van der Waals surface area contributed by atoms with Crippen LogP contribution in [0, 0.1) is 5.92 Å². The van der Waals surface area contributed by atoms with E-state index in [1.54, 1.807) is 11.0 Å². The number of halogens is 3. The Morgan fingerprint density at radius 1 is 1.21 bits per heavy atom. The van der Waals surface area contributed by atoms with Crippen molar-refractivity contribution >= 4 is 11.8 Å². The molecule has 1 atom stereocenters. The van der Waals surface area contributed by atoms with Crippen LogP contribution in [0.15, 0.2) is 12.7 Å². The third-order valence-corrected chi connectivity index (χ3v) is 4.56. The SMILES string of the molecule is O=C1C[C@@H](N2CCC(Cn3cncn3)CC2)C(=O)N1CC(F)(F)F. The lowest BCUT2D eigenvalue weighted by Crippen LogP contribution is -2.47. The van der Waals surface area contributed by atoms with Crippen LogP contribution in [0.25, 0.3) is 0 Å². The normalized spacial score (nSPS) is 24.1. The summed E-state index contributed by atoms with van der Waals surface area (Å²) in [6, 6.07) is -0.757. The van der Waals surface area contributed by atoms with Crippen molar-refractivity contribution in [1.29, 1.82) is 0 Å². The molecule has 10 heteroatoms. The number of nitrogens with zero attached hydrogens (tertiary/aromatic N) is 5. The second-order valence-electron chi connectivity index (χ2n) is 6.25. The van der Waals surface area contributed by atoms with E-state index in [0.29, 0.717) is 23.9 Å². The molecule has 24 heavy (non-hydrogen) atoms. The summed E-state index contributed by atoms with van der Waals surface area (Å²) in [5, 5.41) is 4.05. The molecular formula is C14H18F3N5O2. The van der Waals surface area contributed by atoms with Gasteiger partial charge in [-0.3, -0.25) is 24.1 Å². The minimum Gasteiger partial charge on any atom is -0.292 e. The zero-order valence-electron chi connectivity index (χ0n) is 12.9. The van der Waals surface area contributed by atoms with Gasteiger partial charge in [0.25, 0.3) is 0 Å². The van der Waals surface area contributed by atoms with Crippen molar-refractivity contribution < 1.29 is 22.8 Å². The quantitative estimate of drug-likeness (QED) is 0.751. The number of carbonyl (C=O) groups is 2. The number of rotatable bonds is 4. The van der Waals surface area contributed by atoms with Crippen LogP contribution >= 0.6 is 0 Å². The first-order chi connectivity index (χ1) is 11.3. The number of alkyl halides is 3. The van der Waals surface area contributed by atoms with Crippen molar-refractivity contribution in [1.82, 2.24) is 24.6 Å². The number of amides is 2. The molecule has 2 aliphatic heterocycles. The molecule has 3 rings (SSSR count). The summed E-state index contributed by atoms with van der Waals surface area (Å²) in [6.07, 6.45) is -0.0183. The van der Waals surface area contributed by atoms with Crippen molar-refractivity contribution in [2.75, 3.05) is 19.6 Å². The molecule has 0 unspecified atom stereocenters. The number of hydrogen-bond donors (Lipinski definition) is 0. The van der Waals surface area contributed by atoms with E-state index in [0.717, 1.165) is 19.4 Å². The summed E-state index contributed by atoms with van der Waals surface area (Å²) >= 11 is 0. The molecule has 0 aromatic carbocycles. The summed E-state index contributed by atoms with van der Waals surface area (Å²) in [4.78, 5) is 30.0. The van der Waals surface area contributed by atoms with Crippen molar-refractivity contribution in [3.05, 3.63) is 12.7 Å². The van der Waals surface area contributed by atoms with E-state index < -0.39 is 30.6 Å². The number of piperidine rings is 1. The van der Waals surface area contributed by atoms with Gasteiger partial charge < -0.3 is 0 Å². The molecule has 2 fully saturated rings. The summed E-state index contributed by atoms with van der Waals surface area (Å²) in [7, 11) is 0. The maximum absolute atomic E-state index is 12.5. The fraction of sp³-hybridized carbons (Fsp3) is 0.714. The third kappa shape index (κ3) is 3.74. The zero-order valence-corrected chi connectivity index (χ0v) is 12.9. The average Bonchev–Trinajstić information content (AvgIpc) is 3.11. The highest BCUT2D eigenvalue weighted by Crippen LogP contribution is 2.27. The first-order valence-corrected chi connectivity index (χ1v) is 7.81.